The van der Waals surface area contributed by atoms with E-state index in [-0.39, 0.29) is 22.6 Å². The molecule has 1 aliphatic carbocycles. The molecule has 2 aromatic carbocycles. The van der Waals surface area contributed by atoms with Gasteiger partial charge in [-0.25, -0.2) is 13.2 Å². The van der Waals surface area contributed by atoms with E-state index in [9.17, 15) is 28.2 Å². The van der Waals surface area contributed by atoms with Crippen LogP contribution in [0, 0.1) is 22.7 Å². The van der Waals surface area contributed by atoms with Crippen LogP contribution in [0.25, 0.3) is 10.8 Å². The van der Waals surface area contributed by atoms with Gasteiger partial charge in [-0.2, -0.15) is 0 Å². The molecule has 2 aromatic rings. The Kier molecular flexibility index (Phi) is 8.12. The number of carboxylic acids is 1. The number of amides is 1. The Labute approximate surface area is 267 Å². The SMILES string of the molecule is CCCCCC1(C)CCC(C)(CCc2cc3c4c(cccc4c2)N(CC2=C(C(=O)O)N4C(=O)C(C(C)O)C4C2C)S3(=O)=O)CC1. The number of carbonyl (C=O) groups excluding carboxylic acids is 1. The molecular formula is C36H48N2O6S. The number of nitrogens with zero attached hydrogens (tertiary/aromatic N) is 2. The Hall–Kier alpha value is -2.91. The third kappa shape index (κ3) is 5.28. The van der Waals surface area contributed by atoms with Crippen LogP contribution in [-0.4, -0.2) is 54.1 Å². The number of aliphatic hydroxyl groups excluding tert-OH is 1. The number of aliphatic carboxylic acids is 1. The third-order valence-electron chi connectivity index (χ3n) is 11.7. The fraction of sp³-hybridized carbons (Fsp3) is 0.611. The summed E-state index contributed by atoms with van der Waals surface area (Å²) in [5.74, 6) is -2.80. The number of aliphatic hydroxyl groups is 1. The molecule has 3 aliphatic heterocycles. The highest BCUT2D eigenvalue weighted by molar-refractivity contribution is 7.93. The molecular weight excluding hydrogens is 588 g/mol. The third-order valence-corrected chi connectivity index (χ3v) is 13.5. The van der Waals surface area contributed by atoms with E-state index in [1.165, 1.54) is 67.5 Å². The molecule has 1 saturated heterocycles. The lowest BCUT2D eigenvalue weighted by Crippen LogP contribution is -2.63. The van der Waals surface area contributed by atoms with Crippen LogP contribution in [0.15, 0.2) is 46.5 Å². The highest BCUT2D eigenvalue weighted by Gasteiger charge is 2.60. The Morgan fingerprint density at radius 1 is 1.07 bits per heavy atom. The van der Waals surface area contributed by atoms with Gasteiger partial charge >= 0.3 is 5.97 Å². The maximum absolute atomic E-state index is 14.2. The highest BCUT2D eigenvalue weighted by atomic mass is 32.2. The van der Waals surface area contributed by atoms with E-state index in [1.54, 1.807) is 6.07 Å². The van der Waals surface area contributed by atoms with Crippen molar-refractivity contribution < 1.29 is 28.2 Å². The first-order valence-corrected chi connectivity index (χ1v) is 18.2. The summed E-state index contributed by atoms with van der Waals surface area (Å²) in [5, 5.41) is 21.9. The van der Waals surface area contributed by atoms with Crippen molar-refractivity contribution in [1.29, 1.82) is 0 Å². The van der Waals surface area contributed by atoms with Crippen molar-refractivity contribution in [3.05, 3.63) is 47.2 Å². The molecule has 9 heteroatoms. The Morgan fingerprint density at radius 2 is 1.73 bits per heavy atom. The number of hydrogen-bond donors (Lipinski definition) is 2. The molecule has 2 fully saturated rings. The van der Waals surface area contributed by atoms with Crippen molar-refractivity contribution in [2.45, 2.75) is 116 Å². The maximum atomic E-state index is 14.2. The van der Waals surface area contributed by atoms with Crippen molar-refractivity contribution in [2.24, 2.45) is 22.7 Å². The Balaban J connectivity index is 1.24. The van der Waals surface area contributed by atoms with Gasteiger partial charge in [-0.1, -0.05) is 65.2 Å². The molecule has 4 atom stereocenters. The number of hydrogen-bond acceptors (Lipinski definition) is 5. The predicted octanol–water partition coefficient (Wildman–Crippen LogP) is 6.64. The number of unbranched alkanes of at least 4 members (excludes halogenated alkanes) is 2. The molecule has 8 nitrogen and oxygen atoms in total. The lowest BCUT2D eigenvalue weighted by atomic mass is 9.62. The van der Waals surface area contributed by atoms with Crippen LogP contribution in [-0.2, 0) is 26.0 Å². The molecule has 0 radical (unpaired) electrons. The largest absolute Gasteiger partial charge is 0.477 e. The predicted molar refractivity (Wildman–Crippen MR) is 175 cm³/mol. The molecule has 1 saturated carbocycles. The standard InChI is InChI=1S/C36H48N2O6S/c1-6-7-8-13-35(4)15-17-36(5,18-16-35)14-12-24-19-25-10-9-11-27-30(25)28(20-24)45(43,44)37(27)21-26-22(2)31-29(23(3)39)33(40)38(31)32(26)34(41)42/h9-11,19-20,22-23,29,31,39H,6-8,12-18,21H2,1-5H3,(H,41,42). The second kappa shape index (κ2) is 11.4. The van der Waals surface area contributed by atoms with Crippen LogP contribution >= 0.6 is 0 Å². The molecule has 4 aliphatic rings. The molecule has 45 heavy (non-hydrogen) atoms. The number of sulfonamides is 1. The van der Waals surface area contributed by atoms with E-state index in [2.05, 4.69) is 26.8 Å². The molecule has 0 spiro atoms. The van der Waals surface area contributed by atoms with Crippen molar-refractivity contribution in [2.75, 3.05) is 10.8 Å². The monoisotopic (exact) mass is 636 g/mol. The highest BCUT2D eigenvalue weighted by Crippen LogP contribution is 2.51. The van der Waals surface area contributed by atoms with Gasteiger partial charge in [-0.15, -0.1) is 0 Å². The number of rotatable bonds is 11. The maximum Gasteiger partial charge on any atom is 0.352 e. The number of benzene rings is 2. The first-order valence-electron chi connectivity index (χ1n) is 16.8. The Bertz CT molecular complexity index is 1670. The summed E-state index contributed by atoms with van der Waals surface area (Å²) >= 11 is 0. The van der Waals surface area contributed by atoms with Gasteiger partial charge in [0.15, 0.2) is 0 Å². The quantitative estimate of drug-likeness (QED) is 0.211. The number of fused-ring (bicyclic) bond motifs is 1. The summed E-state index contributed by atoms with van der Waals surface area (Å²) in [5.41, 5.74) is 2.45. The minimum atomic E-state index is -3.97. The van der Waals surface area contributed by atoms with Gasteiger partial charge in [0.25, 0.3) is 10.0 Å². The molecule has 0 bridgehead atoms. The molecule has 0 aromatic heterocycles. The molecule has 1 amide bonds. The lowest BCUT2D eigenvalue weighted by Gasteiger charge is -2.46. The van der Waals surface area contributed by atoms with Gasteiger partial charge in [0, 0.05) is 11.3 Å². The summed E-state index contributed by atoms with van der Waals surface area (Å²) in [6, 6.07) is 9.02. The molecule has 6 rings (SSSR count). The number of aryl methyl sites for hydroxylation is 1. The van der Waals surface area contributed by atoms with Gasteiger partial charge in [0.05, 0.1) is 35.2 Å². The smallest absolute Gasteiger partial charge is 0.352 e. The molecule has 244 valence electrons. The van der Waals surface area contributed by atoms with E-state index in [0.29, 0.717) is 22.1 Å². The van der Waals surface area contributed by atoms with Crippen LogP contribution in [0.4, 0.5) is 5.69 Å². The molecule has 2 N–H and O–H groups in total. The number of carbonyl (C=O) groups is 2. The fourth-order valence-electron chi connectivity index (χ4n) is 8.62. The van der Waals surface area contributed by atoms with E-state index in [4.69, 9.17) is 0 Å². The van der Waals surface area contributed by atoms with Crippen LogP contribution in [0.5, 0.6) is 0 Å². The zero-order chi connectivity index (χ0) is 32.5. The number of anilines is 1. The normalized spacial score (nSPS) is 31.0. The average molecular weight is 637 g/mol. The summed E-state index contributed by atoms with van der Waals surface area (Å²) in [7, 11) is -3.97. The minimum Gasteiger partial charge on any atom is -0.477 e. The first kappa shape index (κ1) is 32.0. The second-order valence-corrected chi connectivity index (χ2v) is 16.8. The van der Waals surface area contributed by atoms with Gasteiger partial charge in [0.2, 0.25) is 5.91 Å². The number of β-lactam (4-membered cyclic amide) rings is 1. The average Bonchev–Trinajstić information content (AvgIpc) is 3.35. The van der Waals surface area contributed by atoms with E-state index in [0.717, 1.165) is 23.8 Å². The van der Waals surface area contributed by atoms with E-state index < -0.39 is 45.9 Å². The second-order valence-electron chi connectivity index (χ2n) is 15.0. The summed E-state index contributed by atoms with van der Waals surface area (Å²) in [6.07, 6.45) is 10.9. The zero-order valence-corrected chi connectivity index (χ0v) is 28.1. The van der Waals surface area contributed by atoms with Crippen LogP contribution in [0.2, 0.25) is 0 Å². The first-order chi connectivity index (χ1) is 21.2. The van der Waals surface area contributed by atoms with Crippen LogP contribution in [0.1, 0.15) is 98.0 Å². The van der Waals surface area contributed by atoms with Gasteiger partial charge < -0.3 is 15.1 Å². The summed E-state index contributed by atoms with van der Waals surface area (Å²) < 4.78 is 29.7. The van der Waals surface area contributed by atoms with Gasteiger partial charge in [-0.05, 0) is 91.4 Å². The fourth-order valence-corrected chi connectivity index (χ4v) is 10.4. The summed E-state index contributed by atoms with van der Waals surface area (Å²) in [6.45, 7) is 10.3. The lowest BCUT2D eigenvalue weighted by molar-refractivity contribution is -0.163. The van der Waals surface area contributed by atoms with Gasteiger partial charge in [0.1, 0.15) is 5.70 Å². The van der Waals surface area contributed by atoms with Crippen LogP contribution < -0.4 is 4.31 Å². The van der Waals surface area contributed by atoms with Crippen molar-refractivity contribution >= 4 is 38.4 Å². The molecule has 4 unspecified atom stereocenters. The summed E-state index contributed by atoms with van der Waals surface area (Å²) in [4.78, 5) is 26.8. The number of carboxylic acid groups (broad SMARTS) is 1. The van der Waals surface area contributed by atoms with E-state index in [1.807, 2.05) is 25.1 Å². The van der Waals surface area contributed by atoms with E-state index >= 15 is 0 Å². The zero-order valence-electron chi connectivity index (χ0n) is 27.3. The Morgan fingerprint density at radius 3 is 2.36 bits per heavy atom. The van der Waals surface area contributed by atoms with Crippen molar-refractivity contribution in [3.63, 3.8) is 0 Å². The van der Waals surface area contributed by atoms with Crippen molar-refractivity contribution in [1.82, 2.24) is 4.90 Å². The topological polar surface area (TPSA) is 115 Å². The van der Waals surface area contributed by atoms with Crippen LogP contribution in [0.3, 0.4) is 0 Å². The minimum absolute atomic E-state index is 0.157. The van der Waals surface area contributed by atoms with Crippen molar-refractivity contribution in [3.8, 4) is 0 Å². The van der Waals surface area contributed by atoms with Gasteiger partial charge in [-0.3, -0.25) is 9.10 Å². The molecule has 3 heterocycles.